The van der Waals surface area contributed by atoms with Gasteiger partial charge in [0.15, 0.2) is 0 Å². The topological polar surface area (TPSA) is 58.6 Å². The van der Waals surface area contributed by atoms with Gasteiger partial charge in [-0.15, -0.1) is 0 Å². The monoisotopic (exact) mass is 307 g/mol. The maximum atomic E-state index is 12.3. The van der Waals surface area contributed by atoms with Gasteiger partial charge in [0.1, 0.15) is 0 Å². The molecule has 0 aliphatic carbocycles. The zero-order chi connectivity index (χ0) is 15.1. The van der Waals surface area contributed by atoms with E-state index in [-0.39, 0.29) is 5.75 Å². The van der Waals surface area contributed by atoms with Crippen LogP contribution in [-0.2, 0) is 15.5 Å². The first kappa shape index (κ1) is 16.1. The fourth-order valence-corrected chi connectivity index (χ4v) is 3.22. The van der Waals surface area contributed by atoms with Crippen LogP contribution in [0.5, 0.6) is 0 Å². The number of aliphatic hydroxyl groups is 1. The average Bonchev–Trinajstić information content (AvgIpc) is 2.51. The molecule has 2 aromatic carbocycles. The van der Waals surface area contributed by atoms with Crippen LogP contribution in [0.4, 0.5) is 0 Å². The minimum absolute atomic E-state index is 0.234. The molecule has 0 aliphatic heterocycles. The summed E-state index contributed by atoms with van der Waals surface area (Å²) in [5, 5.41) is 15.2. The van der Waals surface area contributed by atoms with Gasteiger partial charge in [-0.2, -0.15) is 0 Å². The van der Waals surface area contributed by atoms with Crippen molar-refractivity contribution in [3.05, 3.63) is 42.5 Å². The minimum atomic E-state index is -1.20. The quantitative estimate of drug-likeness (QED) is 0.727. The molecule has 0 radical (unpaired) electrons. The number of nitrogens with one attached hydrogen (secondary N) is 1. The summed E-state index contributed by atoms with van der Waals surface area (Å²) in [5.41, 5.74) is 0. The molecule has 0 spiro atoms. The van der Waals surface area contributed by atoms with E-state index in [9.17, 15) is 9.32 Å². The first-order chi connectivity index (χ1) is 10.2. The standard InChI is InChI=1S/C16H21NO3S/c1-20-9-8-17-11-15(18)12-21(19)16-7-6-13-4-2-3-5-14(13)10-16/h2-7,10,15,17-18H,8-9,11-12H2,1H3. The van der Waals surface area contributed by atoms with Crippen molar-refractivity contribution in [1.29, 1.82) is 0 Å². The van der Waals surface area contributed by atoms with Gasteiger partial charge in [-0.05, 0) is 22.9 Å². The third kappa shape index (κ3) is 4.89. The SMILES string of the molecule is COCCNCC(O)CS(=O)c1ccc2ccccc2c1. The largest absolute Gasteiger partial charge is 0.391 e. The Hall–Kier alpha value is -1.27. The zero-order valence-corrected chi connectivity index (χ0v) is 12.9. The molecule has 0 heterocycles. The summed E-state index contributed by atoms with van der Waals surface area (Å²) < 4.78 is 17.2. The van der Waals surface area contributed by atoms with Crippen molar-refractivity contribution in [2.75, 3.05) is 32.6 Å². The van der Waals surface area contributed by atoms with Crippen LogP contribution in [-0.4, -0.2) is 48.0 Å². The number of hydrogen-bond acceptors (Lipinski definition) is 4. The Morgan fingerprint density at radius 2 is 2.00 bits per heavy atom. The molecule has 2 rings (SSSR count). The number of hydrogen-bond donors (Lipinski definition) is 2. The third-order valence-electron chi connectivity index (χ3n) is 3.19. The molecule has 5 heteroatoms. The van der Waals surface area contributed by atoms with Gasteiger partial charge in [-0.3, -0.25) is 4.21 Å². The molecule has 2 unspecified atom stereocenters. The first-order valence-corrected chi connectivity index (χ1v) is 8.27. The summed E-state index contributed by atoms with van der Waals surface area (Å²) in [4.78, 5) is 0.754. The number of rotatable bonds is 8. The van der Waals surface area contributed by atoms with Crippen LogP contribution < -0.4 is 5.32 Å². The number of methoxy groups -OCH3 is 1. The van der Waals surface area contributed by atoms with Gasteiger partial charge < -0.3 is 15.2 Å². The number of ether oxygens (including phenoxy) is 1. The van der Waals surface area contributed by atoms with E-state index in [1.807, 2.05) is 42.5 Å². The second kappa shape index (κ2) is 8.24. The van der Waals surface area contributed by atoms with Crippen molar-refractivity contribution in [2.24, 2.45) is 0 Å². The van der Waals surface area contributed by atoms with Crippen LogP contribution in [0.3, 0.4) is 0 Å². The number of fused-ring (bicyclic) bond motifs is 1. The molecular formula is C16H21NO3S. The van der Waals surface area contributed by atoms with Gasteiger partial charge >= 0.3 is 0 Å². The third-order valence-corrected chi connectivity index (χ3v) is 4.66. The fraction of sp³-hybridized carbons (Fsp3) is 0.375. The summed E-state index contributed by atoms with van der Waals surface area (Å²) in [6.45, 7) is 1.69. The summed E-state index contributed by atoms with van der Waals surface area (Å²) in [7, 11) is 0.434. The minimum Gasteiger partial charge on any atom is -0.391 e. The normalized spacial score (nSPS) is 14.2. The van der Waals surface area contributed by atoms with Crippen molar-refractivity contribution in [3.8, 4) is 0 Å². The molecular weight excluding hydrogens is 286 g/mol. The van der Waals surface area contributed by atoms with Gasteiger partial charge in [-0.1, -0.05) is 30.3 Å². The molecule has 0 saturated heterocycles. The Kier molecular flexibility index (Phi) is 6.32. The van der Waals surface area contributed by atoms with Crippen LogP contribution in [0.15, 0.2) is 47.4 Å². The molecule has 0 amide bonds. The van der Waals surface area contributed by atoms with Crippen LogP contribution >= 0.6 is 0 Å². The second-order valence-corrected chi connectivity index (χ2v) is 6.37. The van der Waals surface area contributed by atoms with E-state index in [1.54, 1.807) is 7.11 Å². The van der Waals surface area contributed by atoms with Crippen molar-refractivity contribution < 1.29 is 14.1 Å². The van der Waals surface area contributed by atoms with Crippen molar-refractivity contribution in [2.45, 2.75) is 11.0 Å². The molecule has 0 bridgehead atoms. The van der Waals surface area contributed by atoms with Crippen LogP contribution in [0.25, 0.3) is 10.8 Å². The van der Waals surface area contributed by atoms with E-state index in [2.05, 4.69) is 5.32 Å². The van der Waals surface area contributed by atoms with Gasteiger partial charge in [0.05, 0.1) is 29.3 Å². The molecule has 2 aromatic rings. The summed E-state index contributed by atoms with van der Waals surface area (Å²) in [5.74, 6) is 0.234. The van der Waals surface area contributed by atoms with Crippen LogP contribution in [0.1, 0.15) is 0 Å². The molecule has 2 N–H and O–H groups in total. The van der Waals surface area contributed by atoms with Gasteiger partial charge in [0.2, 0.25) is 0 Å². The van der Waals surface area contributed by atoms with E-state index >= 15 is 0 Å². The van der Waals surface area contributed by atoms with E-state index in [0.717, 1.165) is 15.7 Å². The Bertz CT molecular complexity index is 603. The lowest BCUT2D eigenvalue weighted by molar-refractivity contribution is 0.174. The lowest BCUT2D eigenvalue weighted by Crippen LogP contribution is -2.32. The zero-order valence-electron chi connectivity index (χ0n) is 12.1. The van der Waals surface area contributed by atoms with Gasteiger partial charge in [0.25, 0.3) is 0 Å². The second-order valence-electron chi connectivity index (χ2n) is 4.87. The lowest BCUT2D eigenvalue weighted by Gasteiger charge is -2.11. The lowest BCUT2D eigenvalue weighted by atomic mass is 10.1. The molecule has 114 valence electrons. The highest BCUT2D eigenvalue weighted by Crippen LogP contribution is 2.18. The highest BCUT2D eigenvalue weighted by Gasteiger charge is 2.11. The van der Waals surface area contributed by atoms with Crippen molar-refractivity contribution >= 4 is 21.6 Å². The predicted molar refractivity (Wildman–Crippen MR) is 86.0 cm³/mol. The Balaban J connectivity index is 1.92. The molecule has 0 aliphatic rings. The Morgan fingerprint density at radius 3 is 2.76 bits per heavy atom. The predicted octanol–water partition coefficient (Wildman–Crippen LogP) is 1.54. The fourth-order valence-electron chi connectivity index (χ4n) is 2.08. The summed E-state index contributed by atoms with van der Waals surface area (Å²) in [6.07, 6.45) is -0.630. The van der Waals surface area contributed by atoms with E-state index < -0.39 is 16.9 Å². The van der Waals surface area contributed by atoms with E-state index in [0.29, 0.717) is 19.7 Å². The van der Waals surface area contributed by atoms with Gasteiger partial charge in [0, 0.05) is 25.1 Å². The number of aliphatic hydroxyl groups excluding tert-OH is 1. The first-order valence-electron chi connectivity index (χ1n) is 6.95. The van der Waals surface area contributed by atoms with Crippen molar-refractivity contribution in [1.82, 2.24) is 5.32 Å². The summed E-state index contributed by atoms with van der Waals surface area (Å²) in [6, 6.07) is 13.7. The maximum absolute atomic E-state index is 12.3. The molecule has 0 fully saturated rings. The highest BCUT2D eigenvalue weighted by atomic mass is 32.2. The molecule has 2 atom stereocenters. The van der Waals surface area contributed by atoms with Crippen molar-refractivity contribution in [3.63, 3.8) is 0 Å². The van der Waals surface area contributed by atoms with Crippen LogP contribution in [0, 0.1) is 0 Å². The Labute approximate surface area is 127 Å². The van der Waals surface area contributed by atoms with Gasteiger partial charge in [-0.25, -0.2) is 0 Å². The average molecular weight is 307 g/mol. The molecule has 4 nitrogen and oxygen atoms in total. The smallest absolute Gasteiger partial charge is 0.0783 e. The highest BCUT2D eigenvalue weighted by molar-refractivity contribution is 7.85. The summed E-state index contributed by atoms with van der Waals surface area (Å²) >= 11 is 0. The Morgan fingerprint density at radius 1 is 1.24 bits per heavy atom. The molecule has 0 aromatic heterocycles. The molecule has 21 heavy (non-hydrogen) atoms. The molecule has 0 saturated carbocycles. The van der Waals surface area contributed by atoms with E-state index in [4.69, 9.17) is 4.74 Å². The maximum Gasteiger partial charge on any atom is 0.0783 e. The van der Waals surface area contributed by atoms with Crippen LogP contribution in [0.2, 0.25) is 0 Å². The van der Waals surface area contributed by atoms with E-state index in [1.165, 1.54) is 0 Å². The number of benzene rings is 2.